The van der Waals surface area contributed by atoms with Gasteiger partial charge in [-0.25, -0.2) is 4.99 Å². The molecular weight excluding hydrogens is 397 g/mol. The summed E-state index contributed by atoms with van der Waals surface area (Å²) in [4.78, 5) is 4.04. The van der Waals surface area contributed by atoms with Crippen molar-refractivity contribution in [2.75, 3.05) is 19.8 Å². The average Bonchev–Trinajstić information content (AvgIpc) is 3.29. The Morgan fingerprint density at radius 1 is 1.18 bits per heavy atom. The Labute approximate surface area is 165 Å². The van der Waals surface area contributed by atoms with Crippen LogP contribution in [0.25, 0.3) is 0 Å². The number of aliphatic imine (C=N–C) groups is 1. The molecule has 0 bridgehead atoms. The molecule has 0 atom stereocenters. The second-order valence-electron chi connectivity index (χ2n) is 6.46. The van der Waals surface area contributed by atoms with Gasteiger partial charge < -0.3 is 14.0 Å². The highest BCUT2D eigenvalue weighted by atomic mass is 35.5. The summed E-state index contributed by atoms with van der Waals surface area (Å²) >= 11 is 6.09. The van der Waals surface area contributed by atoms with Crippen molar-refractivity contribution in [3.05, 3.63) is 45.8 Å². The van der Waals surface area contributed by atoms with Crippen LogP contribution in [0.1, 0.15) is 41.8 Å². The fourth-order valence-electron chi connectivity index (χ4n) is 2.87. The molecule has 0 unspecified atom stereocenters. The molecule has 5 nitrogen and oxygen atoms in total. The molecule has 152 valence electrons. The van der Waals surface area contributed by atoms with Crippen LogP contribution in [0.4, 0.5) is 13.2 Å². The van der Waals surface area contributed by atoms with Crippen LogP contribution in [0.3, 0.4) is 0 Å². The number of hydrogen-bond donors (Lipinski definition) is 0. The zero-order valence-corrected chi connectivity index (χ0v) is 16.1. The van der Waals surface area contributed by atoms with Gasteiger partial charge in [-0.3, -0.25) is 0 Å². The molecule has 0 aliphatic carbocycles. The first-order valence-electron chi connectivity index (χ1n) is 8.98. The van der Waals surface area contributed by atoms with E-state index in [1.807, 2.05) is 13.0 Å². The lowest BCUT2D eigenvalue weighted by Gasteiger charge is -2.17. The summed E-state index contributed by atoms with van der Waals surface area (Å²) in [5.74, 6) is 0.609. The first-order valence-corrected chi connectivity index (χ1v) is 9.36. The standard InChI is InChI=1S/C19H20ClF3N2O3/c1-12-9-14(28-25-12)5-3-2-4-7-26-17-15(19(21,22)23)10-13(11-16(17)20)18-24-6-8-27-18/h9-11H,2-8H2,1H3. The highest BCUT2D eigenvalue weighted by Crippen LogP contribution is 2.41. The van der Waals surface area contributed by atoms with Crippen LogP contribution in [0.2, 0.25) is 5.02 Å². The smallest absolute Gasteiger partial charge is 0.420 e. The molecule has 0 amide bonds. The van der Waals surface area contributed by atoms with Crippen molar-refractivity contribution in [3.63, 3.8) is 0 Å². The summed E-state index contributed by atoms with van der Waals surface area (Å²) in [6.07, 6.45) is -1.67. The molecule has 0 N–H and O–H groups in total. The minimum atomic E-state index is -4.60. The maximum Gasteiger partial charge on any atom is 0.420 e. The third-order valence-electron chi connectivity index (χ3n) is 4.17. The molecule has 0 spiro atoms. The summed E-state index contributed by atoms with van der Waals surface area (Å²) < 4.78 is 56.2. The van der Waals surface area contributed by atoms with Crippen molar-refractivity contribution in [2.24, 2.45) is 4.99 Å². The predicted octanol–water partition coefficient (Wildman–Crippen LogP) is 5.22. The Kier molecular flexibility index (Phi) is 6.49. The van der Waals surface area contributed by atoms with Gasteiger partial charge in [0, 0.05) is 18.1 Å². The molecule has 1 aromatic carbocycles. The number of aromatic nitrogens is 1. The van der Waals surface area contributed by atoms with Crippen LogP contribution in [0, 0.1) is 6.92 Å². The third kappa shape index (κ3) is 5.19. The van der Waals surface area contributed by atoms with Gasteiger partial charge in [-0.1, -0.05) is 16.8 Å². The second-order valence-corrected chi connectivity index (χ2v) is 6.87. The minimum Gasteiger partial charge on any atom is -0.491 e. The van der Waals surface area contributed by atoms with Crippen molar-refractivity contribution in [1.29, 1.82) is 0 Å². The highest BCUT2D eigenvalue weighted by Gasteiger charge is 2.36. The predicted molar refractivity (Wildman–Crippen MR) is 98.1 cm³/mol. The number of rotatable bonds is 8. The van der Waals surface area contributed by atoms with Crippen molar-refractivity contribution >= 4 is 17.5 Å². The third-order valence-corrected chi connectivity index (χ3v) is 4.45. The van der Waals surface area contributed by atoms with E-state index < -0.39 is 11.7 Å². The zero-order chi connectivity index (χ0) is 20.1. The quantitative estimate of drug-likeness (QED) is 0.553. The molecule has 1 aliphatic rings. The normalized spacial score (nSPS) is 14.1. The molecule has 1 aromatic heterocycles. The van der Waals surface area contributed by atoms with E-state index in [0.717, 1.165) is 36.8 Å². The van der Waals surface area contributed by atoms with E-state index >= 15 is 0 Å². The largest absolute Gasteiger partial charge is 0.491 e. The molecule has 0 fully saturated rings. The number of benzene rings is 1. The molecule has 0 radical (unpaired) electrons. The van der Waals surface area contributed by atoms with Crippen LogP contribution in [-0.4, -0.2) is 30.8 Å². The fraction of sp³-hybridized carbons (Fsp3) is 0.474. The van der Waals surface area contributed by atoms with Crippen molar-refractivity contribution in [1.82, 2.24) is 5.16 Å². The second kappa shape index (κ2) is 8.86. The van der Waals surface area contributed by atoms with E-state index in [2.05, 4.69) is 10.1 Å². The Morgan fingerprint density at radius 3 is 2.64 bits per heavy atom. The number of hydrogen-bond acceptors (Lipinski definition) is 5. The van der Waals surface area contributed by atoms with Crippen LogP contribution >= 0.6 is 11.6 Å². The maximum absolute atomic E-state index is 13.5. The lowest BCUT2D eigenvalue weighted by atomic mass is 10.1. The van der Waals surface area contributed by atoms with Gasteiger partial charge in [-0.2, -0.15) is 13.2 Å². The van der Waals surface area contributed by atoms with E-state index in [1.165, 1.54) is 6.07 Å². The van der Waals surface area contributed by atoms with Gasteiger partial charge in [0.05, 0.1) is 29.4 Å². The maximum atomic E-state index is 13.5. The van der Waals surface area contributed by atoms with E-state index in [0.29, 0.717) is 19.6 Å². The summed E-state index contributed by atoms with van der Waals surface area (Å²) in [6, 6.07) is 4.23. The van der Waals surface area contributed by atoms with Crippen molar-refractivity contribution in [2.45, 2.75) is 38.8 Å². The zero-order valence-electron chi connectivity index (χ0n) is 15.3. The van der Waals surface area contributed by atoms with Crippen LogP contribution in [0.15, 0.2) is 27.7 Å². The molecule has 9 heteroatoms. The first-order chi connectivity index (χ1) is 13.3. The molecular formula is C19H20ClF3N2O3. The molecule has 3 rings (SSSR count). The Morgan fingerprint density at radius 2 is 2.00 bits per heavy atom. The lowest BCUT2D eigenvalue weighted by molar-refractivity contribution is -0.139. The minimum absolute atomic E-state index is 0.111. The number of halogens is 4. The van der Waals surface area contributed by atoms with Gasteiger partial charge in [0.25, 0.3) is 0 Å². The van der Waals surface area contributed by atoms with E-state index in [9.17, 15) is 13.2 Å². The first kappa shape index (κ1) is 20.5. The number of aryl methyl sites for hydroxylation is 2. The molecule has 0 saturated carbocycles. The topological polar surface area (TPSA) is 56.9 Å². The van der Waals surface area contributed by atoms with Crippen molar-refractivity contribution in [3.8, 4) is 5.75 Å². The van der Waals surface area contributed by atoms with Crippen LogP contribution in [-0.2, 0) is 17.3 Å². The summed E-state index contributed by atoms with van der Waals surface area (Å²) in [7, 11) is 0. The van der Waals surface area contributed by atoms with Crippen LogP contribution < -0.4 is 4.74 Å². The molecule has 1 aliphatic heterocycles. The van der Waals surface area contributed by atoms with Gasteiger partial charge in [0.2, 0.25) is 5.90 Å². The van der Waals surface area contributed by atoms with Crippen molar-refractivity contribution < 1.29 is 27.2 Å². The van der Waals surface area contributed by atoms with Gasteiger partial charge >= 0.3 is 6.18 Å². The van der Waals surface area contributed by atoms with Gasteiger partial charge in [-0.05, 0) is 38.3 Å². The number of nitrogens with zero attached hydrogens (tertiary/aromatic N) is 2. The molecule has 2 heterocycles. The van der Waals surface area contributed by atoms with Gasteiger partial charge in [0.1, 0.15) is 18.1 Å². The average molecular weight is 417 g/mol. The summed E-state index contributed by atoms with van der Waals surface area (Å²) in [5, 5.41) is 3.70. The monoisotopic (exact) mass is 416 g/mol. The number of unbranched alkanes of at least 4 members (excludes halogenated alkanes) is 2. The number of ether oxygens (including phenoxy) is 2. The molecule has 2 aromatic rings. The van der Waals surface area contributed by atoms with Crippen LogP contribution in [0.5, 0.6) is 5.75 Å². The molecule has 0 saturated heterocycles. The van der Waals surface area contributed by atoms with E-state index in [-0.39, 0.29) is 28.8 Å². The fourth-order valence-corrected chi connectivity index (χ4v) is 3.14. The summed E-state index contributed by atoms with van der Waals surface area (Å²) in [6.45, 7) is 2.74. The van der Waals surface area contributed by atoms with Gasteiger partial charge in [0.15, 0.2) is 0 Å². The Balaban J connectivity index is 1.59. The Hall–Kier alpha value is -2.22. The van der Waals surface area contributed by atoms with Gasteiger partial charge in [-0.15, -0.1) is 0 Å². The van der Waals surface area contributed by atoms with E-state index in [4.69, 9.17) is 25.6 Å². The Bertz CT molecular complexity index is 849. The van der Waals surface area contributed by atoms with E-state index in [1.54, 1.807) is 0 Å². The summed E-state index contributed by atoms with van der Waals surface area (Å²) in [5.41, 5.74) is 0.0972. The SMILES string of the molecule is Cc1cc(CCCCCOc2c(Cl)cc(C3=NCCO3)cc2C(F)(F)F)on1. The molecule has 28 heavy (non-hydrogen) atoms. The highest BCUT2D eigenvalue weighted by molar-refractivity contribution is 6.32. The lowest BCUT2D eigenvalue weighted by Crippen LogP contribution is -2.12. The number of alkyl halides is 3.